The normalized spacial score (nSPS) is 18.0. The molecule has 8 heteroatoms. The van der Waals surface area contributed by atoms with E-state index in [0.29, 0.717) is 30.8 Å². The molecule has 0 unspecified atom stereocenters. The van der Waals surface area contributed by atoms with Gasteiger partial charge in [-0.2, -0.15) is 0 Å². The topological polar surface area (TPSA) is 81.8 Å². The molecule has 33 heavy (non-hydrogen) atoms. The number of piperidine rings is 2. The fourth-order valence-electron chi connectivity index (χ4n) is 4.59. The first kappa shape index (κ1) is 23.3. The number of urea groups is 1. The van der Waals surface area contributed by atoms with Gasteiger partial charge in [0, 0.05) is 31.9 Å². The van der Waals surface area contributed by atoms with Crippen LogP contribution in [0.2, 0.25) is 0 Å². The van der Waals surface area contributed by atoms with E-state index < -0.39 is 6.04 Å². The third-order valence-corrected chi connectivity index (χ3v) is 7.44. The Morgan fingerprint density at radius 2 is 1.64 bits per heavy atom. The quantitative estimate of drug-likeness (QED) is 0.693. The summed E-state index contributed by atoms with van der Waals surface area (Å²) in [6.45, 7) is 4.63. The number of rotatable bonds is 5. The molecule has 0 aliphatic carbocycles. The summed E-state index contributed by atoms with van der Waals surface area (Å²) in [7, 11) is 0. The maximum atomic E-state index is 13.4. The Labute approximate surface area is 199 Å². The Hall–Kier alpha value is -2.87. The van der Waals surface area contributed by atoms with E-state index in [9.17, 15) is 14.4 Å². The Morgan fingerprint density at radius 1 is 0.939 bits per heavy atom. The number of thiophene rings is 1. The lowest BCUT2D eigenvalue weighted by Gasteiger charge is -2.38. The number of amides is 4. The maximum absolute atomic E-state index is 13.4. The molecule has 0 spiro atoms. The van der Waals surface area contributed by atoms with Gasteiger partial charge in [0.1, 0.15) is 6.04 Å². The first-order valence-corrected chi connectivity index (χ1v) is 12.6. The van der Waals surface area contributed by atoms with Crippen LogP contribution in [0.3, 0.4) is 0 Å². The molecule has 176 valence electrons. The molecule has 2 aromatic rings. The smallest absolute Gasteiger partial charge is 0.321 e. The van der Waals surface area contributed by atoms with Crippen LogP contribution in [-0.2, 0) is 4.79 Å². The van der Waals surface area contributed by atoms with Gasteiger partial charge in [-0.3, -0.25) is 9.59 Å². The van der Waals surface area contributed by atoms with E-state index in [0.717, 1.165) is 43.6 Å². The number of carbonyl (C=O) groups excluding carboxylic acids is 3. The number of likely N-dealkylation sites (tertiary alicyclic amines) is 2. The van der Waals surface area contributed by atoms with E-state index in [1.807, 2.05) is 47.5 Å². The van der Waals surface area contributed by atoms with Crippen molar-refractivity contribution in [3.63, 3.8) is 0 Å². The molecule has 0 radical (unpaired) electrons. The zero-order valence-corrected chi connectivity index (χ0v) is 19.9. The molecule has 1 aromatic heterocycles. The van der Waals surface area contributed by atoms with Gasteiger partial charge in [-0.25, -0.2) is 4.79 Å². The van der Waals surface area contributed by atoms with Crippen molar-refractivity contribution in [3.8, 4) is 0 Å². The third kappa shape index (κ3) is 5.93. The second-order valence-corrected chi connectivity index (χ2v) is 9.88. The van der Waals surface area contributed by atoms with Crippen molar-refractivity contribution in [2.45, 2.75) is 45.1 Å². The van der Waals surface area contributed by atoms with Crippen molar-refractivity contribution < 1.29 is 14.4 Å². The third-order valence-electron chi connectivity index (χ3n) is 6.57. The highest BCUT2D eigenvalue weighted by Crippen LogP contribution is 2.25. The molecular weight excluding hydrogens is 436 g/mol. The second kappa shape index (κ2) is 10.8. The van der Waals surface area contributed by atoms with E-state index >= 15 is 0 Å². The van der Waals surface area contributed by atoms with Gasteiger partial charge in [0.05, 0.1) is 4.88 Å². The summed E-state index contributed by atoms with van der Waals surface area (Å²) < 4.78 is 0. The van der Waals surface area contributed by atoms with Crippen LogP contribution in [0.5, 0.6) is 0 Å². The largest absolute Gasteiger partial charge is 0.341 e. The first-order chi connectivity index (χ1) is 16.0. The molecule has 2 saturated heterocycles. The maximum Gasteiger partial charge on any atom is 0.321 e. The molecule has 3 heterocycles. The first-order valence-electron chi connectivity index (χ1n) is 11.8. The summed E-state index contributed by atoms with van der Waals surface area (Å²) in [6, 6.07) is 10.7. The lowest BCUT2D eigenvalue weighted by atomic mass is 9.88. The van der Waals surface area contributed by atoms with E-state index in [1.165, 1.54) is 11.3 Å². The lowest BCUT2D eigenvalue weighted by molar-refractivity contribution is -0.136. The number of anilines is 1. The monoisotopic (exact) mass is 468 g/mol. The van der Waals surface area contributed by atoms with Gasteiger partial charge in [-0.1, -0.05) is 23.8 Å². The van der Waals surface area contributed by atoms with Crippen LogP contribution in [-0.4, -0.2) is 59.9 Å². The summed E-state index contributed by atoms with van der Waals surface area (Å²) in [5.41, 5.74) is 1.91. The van der Waals surface area contributed by atoms with E-state index in [-0.39, 0.29) is 23.8 Å². The van der Waals surface area contributed by atoms with E-state index in [1.54, 1.807) is 11.0 Å². The molecule has 0 bridgehead atoms. The van der Waals surface area contributed by atoms with Crippen molar-refractivity contribution in [1.29, 1.82) is 0 Å². The summed E-state index contributed by atoms with van der Waals surface area (Å²) >= 11 is 1.37. The lowest BCUT2D eigenvalue weighted by Crippen LogP contribution is -2.55. The molecule has 7 nitrogen and oxygen atoms in total. The number of hydrogen-bond donors (Lipinski definition) is 2. The van der Waals surface area contributed by atoms with Crippen LogP contribution in [0, 0.1) is 12.8 Å². The van der Waals surface area contributed by atoms with E-state index in [2.05, 4.69) is 10.6 Å². The van der Waals surface area contributed by atoms with Gasteiger partial charge in [-0.15, -0.1) is 11.3 Å². The molecule has 4 rings (SSSR count). The fraction of sp³-hybridized carbons (Fsp3) is 0.480. The Kier molecular flexibility index (Phi) is 7.65. The molecule has 1 atom stereocenters. The van der Waals surface area contributed by atoms with Gasteiger partial charge in [0.25, 0.3) is 5.91 Å². The number of nitrogens with zero attached hydrogens (tertiary/aromatic N) is 2. The predicted octanol–water partition coefficient (Wildman–Crippen LogP) is 4.11. The van der Waals surface area contributed by atoms with Crippen LogP contribution in [0.4, 0.5) is 10.5 Å². The van der Waals surface area contributed by atoms with Crippen molar-refractivity contribution >= 4 is 34.9 Å². The second-order valence-electron chi connectivity index (χ2n) is 8.94. The van der Waals surface area contributed by atoms with Gasteiger partial charge in [0.2, 0.25) is 5.91 Å². The summed E-state index contributed by atoms with van der Waals surface area (Å²) in [6.07, 6.45) is 4.51. The summed E-state index contributed by atoms with van der Waals surface area (Å²) in [5.74, 6) is -0.172. The van der Waals surface area contributed by atoms with Crippen LogP contribution < -0.4 is 10.6 Å². The van der Waals surface area contributed by atoms with Crippen molar-refractivity contribution in [2.24, 2.45) is 5.92 Å². The minimum Gasteiger partial charge on any atom is -0.341 e. The predicted molar refractivity (Wildman–Crippen MR) is 130 cm³/mol. The molecule has 2 aliphatic rings. The molecular formula is C25H32N4O3S. The zero-order chi connectivity index (χ0) is 23.2. The molecule has 2 fully saturated rings. The van der Waals surface area contributed by atoms with Crippen molar-refractivity contribution in [2.75, 3.05) is 31.5 Å². The Bertz CT molecular complexity index is 947. The van der Waals surface area contributed by atoms with Gasteiger partial charge in [-0.05, 0) is 68.5 Å². The minimum absolute atomic E-state index is 0.00626. The molecule has 0 saturated carbocycles. The highest BCUT2D eigenvalue weighted by atomic mass is 32.1. The summed E-state index contributed by atoms with van der Waals surface area (Å²) in [5, 5.41) is 7.85. The van der Waals surface area contributed by atoms with Gasteiger partial charge < -0.3 is 20.4 Å². The number of benzene rings is 1. The Morgan fingerprint density at radius 3 is 2.27 bits per heavy atom. The SMILES string of the molecule is Cc1ccc(NC(=O)N2CCC([C@H](NC(=O)c3cccs3)C(=O)N3CCCCC3)CC2)cc1. The molecule has 4 amide bonds. The Balaban J connectivity index is 1.39. The van der Waals surface area contributed by atoms with Crippen LogP contribution >= 0.6 is 11.3 Å². The zero-order valence-electron chi connectivity index (χ0n) is 19.1. The minimum atomic E-state index is -0.556. The number of nitrogens with one attached hydrogen (secondary N) is 2. The fourth-order valence-corrected chi connectivity index (χ4v) is 5.21. The number of carbonyl (C=O) groups is 3. The van der Waals surface area contributed by atoms with Gasteiger partial charge in [0.15, 0.2) is 0 Å². The average molecular weight is 469 g/mol. The van der Waals surface area contributed by atoms with Crippen LogP contribution in [0.25, 0.3) is 0 Å². The van der Waals surface area contributed by atoms with Crippen molar-refractivity contribution in [1.82, 2.24) is 15.1 Å². The number of hydrogen-bond acceptors (Lipinski definition) is 4. The highest BCUT2D eigenvalue weighted by Gasteiger charge is 2.36. The van der Waals surface area contributed by atoms with E-state index in [4.69, 9.17) is 0 Å². The molecule has 1 aromatic carbocycles. The molecule has 2 N–H and O–H groups in total. The average Bonchev–Trinajstić information content (AvgIpc) is 3.39. The van der Waals surface area contributed by atoms with Gasteiger partial charge >= 0.3 is 6.03 Å². The standard InChI is InChI=1S/C25H32N4O3S/c1-18-7-9-20(10-8-18)26-25(32)29-15-11-19(12-16-29)22(24(31)28-13-3-2-4-14-28)27-23(30)21-6-5-17-33-21/h5-10,17,19,22H,2-4,11-16H2,1H3,(H,26,32)(H,27,30)/t22-/m0/s1. The summed E-state index contributed by atoms with van der Waals surface area (Å²) in [4.78, 5) is 43.2. The van der Waals surface area contributed by atoms with Crippen LogP contribution in [0.1, 0.15) is 47.3 Å². The number of aryl methyl sites for hydroxylation is 1. The van der Waals surface area contributed by atoms with Crippen molar-refractivity contribution in [3.05, 3.63) is 52.2 Å². The highest BCUT2D eigenvalue weighted by molar-refractivity contribution is 7.12. The molecule has 2 aliphatic heterocycles. The van der Waals surface area contributed by atoms with Crippen LogP contribution in [0.15, 0.2) is 41.8 Å².